The van der Waals surface area contributed by atoms with Crippen LogP contribution in [-0.4, -0.2) is 55.4 Å². The van der Waals surface area contributed by atoms with Crippen LogP contribution in [0.5, 0.6) is 5.75 Å². The van der Waals surface area contributed by atoms with E-state index in [4.69, 9.17) is 10.5 Å². The Balaban J connectivity index is 1.67. The lowest BCUT2D eigenvalue weighted by Gasteiger charge is -2.48. The third kappa shape index (κ3) is 3.93. The van der Waals surface area contributed by atoms with Gasteiger partial charge >= 0.3 is 0 Å². The molecule has 1 spiro atoms. The monoisotopic (exact) mass is 540 g/mol. The van der Waals surface area contributed by atoms with Crippen LogP contribution in [0.1, 0.15) is 32.3 Å². The fourth-order valence-corrected chi connectivity index (χ4v) is 6.20. The molecule has 0 radical (unpaired) electrons. The highest BCUT2D eigenvalue weighted by Crippen LogP contribution is 2.57. The van der Waals surface area contributed by atoms with Crippen LogP contribution in [0.25, 0.3) is 0 Å². The molecule has 40 heavy (non-hydrogen) atoms. The molecule has 1 atom stereocenters. The molecule has 2 aromatic rings. The first kappa shape index (κ1) is 27.0. The minimum atomic E-state index is -1.75. The number of rotatable bonds is 5. The van der Waals surface area contributed by atoms with Gasteiger partial charge in [0.05, 0.1) is 12.7 Å². The van der Waals surface area contributed by atoms with Gasteiger partial charge in [-0.1, -0.05) is 38.1 Å². The van der Waals surface area contributed by atoms with Crippen LogP contribution in [0.2, 0.25) is 0 Å². The van der Waals surface area contributed by atoms with Gasteiger partial charge in [0.2, 0.25) is 11.8 Å². The van der Waals surface area contributed by atoms with E-state index in [0.29, 0.717) is 34.8 Å². The number of benzene rings is 2. The third-order valence-electron chi connectivity index (χ3n) is 7.67. The molecule has 2 heterocycles. The summed E-state index contributed by atoms with van der Waals surface area (Å²) in [6.07, 6.45) is 0.679. The Bertz CT molecular complexity index is 1550. The lowest BCUT2D eigenvalue weighted by molar-refractivity contribution is -0.126. The van der Waals surface area contributed by atoms with E-state index in [-0.39, 0.29) is 41.1 Å². The zero-order valence-electron chi connectivity index (χ0n) is 23.2. The molecule has 0 saturated heterocycles. The second kappa shape index (κ2) is 9.54. The molecular weight excluding hydrogens is 508 g/mol. The van der Waals surface area contributed by atoms with E-state index in [1.165, 1.54) is 12.0 Å². The van der Waals surface area contributed by atoms with Crippen molar-refractivity contribution in [3.8, 4) is 11.8 Å². The number of ketones is 1. The minimum absolute atomic E-state index is 0.0267. The first-order valence-electron chi connectivity index (χ1n) is 13.0. The maximum absolute atomic E-state index is 14.6. The van der Waals surface area contributed by atoms with E-state index in [2.05, 4.69) is 11.4 Å². The van der Waals surface area contributed by atoms with E-state index in [0.717, 1.165) is 0 Å². The number of amides is 2. The number of carbonyl (C=O) groups is 3. The number of nitrogens with two attached hydrogens (primary N) is 1. The number of ether oxygens (including phenoxy) is 1. The normalized spacial score (nSPS) is 21.5. The van der Waals surface area contributed by atoms with E-state index in [1.54, 1.807) is 72.6 Å². The van der Waals surface area contributed by atoms with E-state index in [1.807, 2.05) is 13.8 Å². The predicted molar refractivity (Wildman–Crippen MR) is 149 cm³/mol. The number of anilines is 2. The molecule has 5 rings (SSSR count). The molecule has 0 saturated carbocycles. The molecule has 3 aliphatic rings. The second-order valence-corrected chi connectivity index (χ2v) is 11.2. The molecular formula is C30H32N6O4. The van der Waals surface area contributed by atoms with Crippen LogP contribution < -0.4 is 20.7 Å². The van der Waals surface area contributed by atoms with Gasteiger partial charge < -0.3 is 20.7 Å². The predicted octanol–water partition coefficient (Wildman–Crippen LogP) is 3.05. The fourth-order valence-electron chi connectivity index (χ4n) is 6.20. The largest absolute Gasteiger partial charge is 0.497 e. The van der Waals surface area contributed by atoms with Crippen molar-refractivity contribution >= 4 is 29.0 Å². The van der Waals surface area contributed by atoms with Gasteiger partial charge in [0.25, 0.3) is 0 Å². The molecule has 0 aromatic heterocycles. The number of allylic oxidation sites excluding steroid dienone is 1. The number of fused-ring (bicyclic) bond motifs is 3. The number of Topliss-reactive ketones (excluding diaryl/α,β-unsaturated/α-hetero) is 1. The summed E-state index contributed by atoms with van der Waals surface area (Å²) in [6.45, 7) is 3.66. The Hall–Kier alpha value is -4.62. The van der Waals surface area contributed by atoms with Gasteiger partial charge in [0.15, 0.2) is 5.78 Å². The Morgan fingerprint density at radius 1 is 1.15 bits per heavy atom. The molecule has 10 heteroatoms. The van der Waals surface area contributed by atoms with Crippen LogP contribution >= 0.6 is 0 Å². The first-order valence-corrected chi connectivity index (χ1v) is 13.0. The molecule has 0 fully saturated rings. The number of hydrazine groups is 1. The molecule has 2 aromatic carbocycles. The van der Waals surface area contributed by atoms with Crippen molar-refractivity contribution in [3.05, 3.63) is 76.8 Å². The van der Waals surface area contributed by atoms with Crippen molar-refractivity contribution in [1.29, 1.82) is 5.26 Å². The van der Waals surface area contributed by atoms with Crippen LogP contribution in [0.4, 0.5) is 11.4 Å². The van der Waals surface area contributed by atoms with Crippen molar-refractivity contribution in [2.45, 2.75) is 32.1 Å². The second-order valence-electron chi connectivity index (χ2n) is 11.2. The number of nitriles is 1. The average Bonchev–Trinajstić information content (AvgIpc) is 3.11. The highest BCUT2D eigenvalue weighted by atomic mass is 16.5. The molecule has 2 aliphatic heterocycles. The fraction of sp³-hybridized carbons (Fsp3) is 0.333. The summed E-state index contributed by atoms with van der Waals surface area (Å²) in [5.41, 5.74) is 6.77. The molecule has 1 aliphatic carbocycles. The van der Waals surface area contributed by atoms with Crippen LogP contribution in [0, 0.1) is 16.7 Å². The SMILES string of the molecule is COc1cccc(NC(=O)CN2C(=O)C3(C(C#N)=C(N)N(N(C)C)C4=C3C(=O)CC(C)(C)C4)c3ccccc32)c1. The van der Waals surface area contributed by atoms with Gasteiger partial charge in [-0.3, -0.25) is 19.4 Å². The van der Waals surface area contributed by atoms with Crippen molar-refractivity contribution in [2.24, 2.45) is 11.1 Å². The van der Waals surface area contributed by atoms with Gasteiger partial charge in [-0.2, -0.15) is 5.26 Å². The first-order chi connectivity index (χ1) is 19.0. The van der Waals surface area contributed by atoms with E-state index in [9.17, 15) is 19.6 Å². The number of para-hydroxylation sites is 1. The van der Waals surface area contributed by atoms with Crippen molar-refractivity contribution in [2.75, 3.05) is 38.0 Å². The van der Waals surface area contributed by atoms with Crippen LogP contribution in [0.15, 0.2) is 71.2 Å². The molecule has 0 bridgehead atoms. The van der Waals surface area contributed by atoms with Crippen molar-refractivity contribution in [3.63, 3.8) is 0 Å². The molecule has 206 valence electrons. The summed E-state index contributed by atoms with van der Waals surface area (Å²) in [5, 5.41) is 16.7. The molecule has 10 nitrogen and oxygen atoms in total. The maximum atomic E-state index is 14.6. The Labute approximate surface area is 233 Å². The maximum Gasteiger partial charge on any atom is 0.248 e. The highest BCUT2D eigenvalue weighted by Gasteiger charge is 2.63. The van der Waals surface area contributed by atoms with Gasteiger partial charge in [-0.25, -0.2) is 5.01 Å². The summed E-state index contributed by atoms with van der Waals surface area (Å²) in [5.74, 6) is -0.552. The number of hydrogen-bond donors (Lipinski definition) is 2. The van der Waals surface area contributed by atoms with Gasteiger partial charge in [0, 0.05) is 54.8 Å². The summed E-state index contributed by atoms with van der Waals surface area (Å²) in [7, 11) is 5.08. The summed E-state index contributed by atoms with van der Waals surface area (Å²) < 4.78 is 5.24. The van der Waals surface area contributed by atoms with Crippen molar-refractivity contribution in [1.82, 2.24) is 10.0 Å². The molecule has 3 N–H and O–H groups in total. The van der Waals surface area contributed by atoms with Crippen LogP contribution in [-0.2, 0) is 19.8 Å². The smallest absolute Gasteiger partial charge is 0.248 e. The highest BCUT2D eigenvalue weighted by molar-refractivity contribution is 6.21. The Kier molecular flexibility index (Phi) is 6.43. The van der Waals surface area contributed by atoms with E-state index >= 15 is 0 Å². The number of hydrogen-bond acceptors (Lipinski definition) is 8. The van der Waals surface area contributed by atoms with E-state index < -0.39 is 17.2 Å². The van der Waals surface area contributed by atoms with Crippen molar-refractivity contribution < 1.29 is 19.1 Å². The van der Waals surface area contributed by atoms with Gasteiger partial charge in [-0.15, -0.1) is 0 Å². The average molecular weight is 541 g/mol. The lowest BCUT2D eigenvalue weighted by Crippen LogP contribution is -2.56. The quantitative estimate of drug-likeness (QED) is 0.592. The summed E-state index contributed by atoms with van der Waals surface area (Å²) in [4.78, 5) is 43.2. The number of nitrogens with zero attached hydrogens (tertiary/aromatic N) is 4. The van der Waals surface area contributed by atoms with Gasteiger partial charge in [0.1, 0.15) is 29.6 Å². The topological polar surface area (TPSA) is 132 Å². The third-order valence-corrected chi connectivity index (χ3v) is 7.67. The number of carbonyl (C=O) groups excluding carboxylic acids is 3. The minimum Gasteiger partial charge on any atom is -0.497 e. The number of nitrogens with one attached hydrogen (secondary N) is 1. The Morgan fingerprint density at radius 3 is 2.55 bits per heavy atom. The van der Waals surface area contributed by atoms with Gasteiger partial charge in [-0.05, 0) is 30.0 Å². The standard InChI is InChI=1S/C30H32N6O4/c1-29(2)14-23-26(24(37)15-29)30(21(16-31)27(32)36(23)34(3)4)20-11-6-7-12-22(20)35(28(30)39)17-25(38)33-18-9-8-10-19(13-18)40-5/h6-13H,14-15,17,32H2,1-5H3,(H,33,38). The lowest BCUT2D eigenvalue weighted by atomic mass is 9.61. The summed E-state index contributed by atoms with van der Waals surface area (Å²) in [6, 6.07) is 16.1. The zero-order valence-corrected chi connectivity index (χ0v) is 23.2. The summed E-state index contributed by atoms with van der Waals surface area (Å²) >= 11 is 0. The molecule has 1 unspecified atom stereocenters. The Morgan fingerprint density at radius 2 is 1.88 bits per heavy atom. The van der Waals surface area contributed by atoms with Crippen LogP contribution in [0.3, 0.4) is 0 Å². The zero-order chi connectivity index (χ0) is 29.0. The number of methoxy groups -OCH3 is 1. The molecule has 2 amide bonds.